The van der Waals surface area contributed by atoms with Crippen molar-refractivity contribution in [3.05, 3.63) is 24.3 Å². The van der Waals surface area contributed by atoms with Crippen molar-refractivity contribution in [2.24, 2.45) is 5.92 Å². The Bertz CT molecular complexity index is 469. The van der Waals surface area contributed by atoms with E-state index in [9.17, 15) is 9.59 Å². The summed E-state index contributed by atoms with van der Waals surface area (Å²) in [4.78, 5) is 25.1. The van der Waals surface area contributed by atoms with Crippen LogP contribution in [0.25, 0.3) is 0 Å². The number of hydrogen-bond acceptors (Lipinski definition) is 3. The van der Waals surface area contributed by atoms with E-state index in [1.54, 1.807) is 36.3 Å². The Balaban J connectivity index is 2.46. The van der Waals surface area contributed by atoms with Gasteiger partial charge in [0.1, 0.15) is 5.75 Å². The molecule has 0 aliphatic rings. The molecule has 0 saturated heterocycles. The molecule has 0 aliphatic heterocycles. The van der Waals surface area contributed by atoms with Crippen LogP contribution in [-0.4, -0.2) is 36.9 Å². The number of benzene rings is 1. The highest BCUT2D eigenvalue weighted by molar-refractivity contribution is 5.91. The van der Waals surface area contributed by atoms with Crippen molar-refractivity contribution in [2.75, 3.05) is 25.5 Å². The summed E-state index contributed by atoms with van der Waals surface area (Å²) in [5.74, 6) is 1.03. The Morgan fingerprint density at radius 1 is 1.24 bits per heavy atom. The number of nitrogens with one attached hydrogen (secondary N) is 1. The summed E-state index contributed by atoms with van der Waals surface area (Å²) in [5.41, 5.74) is 0.721. The van der Waals surface area contributed by atoms with Crippen LogP contribution in [0.3, 0.4) is 0 Å². The normalized spacial score (nSPS) is 10.3. The molecule has 0 spiro atoms. The summed E-state index contributed by atoms with van der Waals surface area (Å²) in [5, 5.41) is 2.81. The Hall–Kier alpha value is -2.04. The van der Waals surface area contributed by atoms with Crippen LogP contribution in [0.4, 0.5) is 5.69 Å². The molecule has 1 aromatic rings. The number of carbonyl (C=O) groups excluding carboxylic acids is 2. The Morgan fingerprint density at radius 3 is 2.33 bits per heavy atom. The van der Waals surface area contributed by atoms with E-state index < -0.39 is 0 Å². The molecule has 5 nitrogen and oxygen atoms in total. The standard InChI is InChI=1S/C16H24N2O3/c1-12(2)11-18(13(3)19)10-9-16(20)17-14-5-7-15(21-4)8-6-14/h5-8,12H,9-11H2,1-4H3,(H,17,20). The smallest absolute Gasteiger partial charge is 0.226 e. The fraction of sp³-hybridized carbons (Fsp3) is 0.500. The molecule has 21 heavy (non-hydrogen) atoms. The number of ether oxygens (including phenoxy) is 1. The van der Waals surface area contributed by atoms with Crippen LogP contribution in [0.5, 0.6) is 5.75 Å². The minimum atomic E-state index is -0.102. The molecule has 0 heterocycles. The van der Waals surface area contributed by atoms with Crippen LogP contribution >= 0.6 is 0 Å². The number of nitrogens with zero attached hydrogens (tertiary/aromatic N) is 1. The first-order valence-electron chi connectivity index (χ1n) is 7.11. The van der Waals surface area contributed by atoms with Crippen molar-refractivity contribution in [1.29, 1.82) is 0 Å². The second-order valence-electron chi connectivity index (χ2n) is 5.39. The highest BCUT2D eigenvalue weighted by atomic mass is 16.5. The SMILES string of the molecule is COc1ccc(NC(=O)CCN(CC(C)C)C(C)=O)cc1. The van der Waals surface area contributed by atoms with E-state index in [4.69, 9.17) is 4.74 Å². The number of amides is 2. The average molecular weight is 292 g/mol. The summed E-state index contributed by atoms with van der Waals surface area (Å²) >= 11 is 0. The van der Waals surface area contributed by atoms with Gasteiger partial charge >= 0.3 is 0 Å². The molecule has 0 bridgehead atoms. The van der Waals surface area contributed by atoms with Gasteiger partial charge in [-0.3, -0.25) is 9.59 Å². The summed E-state index contributed by atoms with van der Waals surface area (Å²) in [6.45, 7) is 6.74. The minimum absolute atomic E-state index is 0.000877. The fourth-order valence-electron chi connectivity index (χ4n) is 1.95. The predicted octanol–water partition coefficient (Wildman–Crippen LogP) is 2.53. The molecule has 116 valence electrons. The lowest BCUT2D eigenvalue weighted by Gasteiger charge is -2.22. The molecule has 1 rings (SSSR count). The third-order valence-corrected chi connectivity index (χ3v) is 3.01. The number of hydrogen-bond donors (Lipinski definition) is 1. The molecule has 5 heteroatoms. The third kappa shape index (κ3) is 6.29. The van der Waals surface area contributed by atoms with Crippen LogP contribution in [0.1, 0.15) is 27.2 Å². The molecule has 0 atom stereocenters. The lowest BCUT2D eigenvalue weighted by atomic mass is 10.2. The van der Waals surface area contributed by atoms with Crippen molar-refractivity contribution in [3.8, 4) is 5.75 Å². The van der Waals surface area contributed by atoms with Crippen molar-refractivity contribution in [2.45, 2.75) is 27.2 Å². The summed E-state index contributed by atoms with van der Waals surface area (Å²) in [6, 6.07) is 7.15. The van der Waals surface area contributed by atoms with Gasteiger partial charge in [0.15, 0.2) is 0 Å². The van der Waals surface area contributed by atoms with E-state index in [-0.39, 0.29) is 11.8 Å². The minimum Gasteiger partial charge on any atom is -0.497 e. The number of anilines is 1. The quantitative estimate of drug-likeness (QED) is 0.840. The first-order valence-corrected chi connectivity index (χ1v) is 7.11. The maximum atomic E-state index is 11.9. The lowest BCUT2D eigenvalue weighted by Crippen LogP contribution is -2.34. The maximum absolute atomic E-state index is 11.9. The predicted molar refractivity (Wildman–Crippen MR) is 83.3 cm³/mol. The molecule has 0 saturated carbocycles. The van der Waals surface area contributed by atoms with Crippen molar-refractivity contribution >= 4 is 17.5 Å². The molecule has 0 fully saturated rings. The van der Waals surface area contributed by atoms with Gasteiger partial charge in [-0.05, 0) is 30.2 Å². The van der Waals surface area contributed by atoms with Crippen LogP contribution in [0.2, 0.25) is 0 Å². The van der Waals surface area contributed by atoms with Crippen molar-refractivity contribution in [1.82, 2.24) is 4.90 Å². The van der Waals surface area contributed by atoms with Crippen LogP contribution < -0.4 is 10.1 Å². The maximum Gasteiger partial charge on any atom is 0.226 e. The highest BCUT2D eigenvalue weighted by Crippen LogP contribution is 2.15. The number of methoxy groups -OCH3 is 1. The fourth-order valence-corrected chi connectivity index (χ4v) is 1.95. The van der Waals surface area contributed by atoms with E-state index in [0.29, 0.717) is 25.4 Å². The first kappa shape index (κ1) is 17.0. The molecule has 0 radical (unpaired) electrons. The molecule has 0 aliphatic carbocycles. The van der Waals surface area contributed by atoms with Gasteiger partial charge in [0, 0.05) is 32.1 Å². The molecule has 2 amide bonds. The second-order valence-corrected chi connectivity index (χ2v) is 5.39. The van der Waals surface area contributed by atoms with E-state index in [0.717, 1.165) is 11.4 Å². The lowest BCUT2D eigenvalue weighted by molar-refractivity contribution is -0.129. The molecule has 0 aromatic heterocycles. The van der Waals surface area contributed by atoms with Gasteiger partial charge < -0.3 is 15.0 Å². The van der Waals surface area contributed by atoms with Crippen LogP contribution in [0, 0.1) is 5.92 Å². The monoisotopic (exact) mass is 292 g/mol. The van der Waals surface area contributed by atoms with Gasteiger partial charge in [-0.2, -0.15) is 0 Å². The third-order valence-electron chi connectivity index (χ3n) is 3.01. The summed E-state index contributed by atoms with van der Waals surface area (Å²) in [7, 11) is 1.60. The molecule has 1 N–H and O–H groups in total. The highest BCUT2D eigenvalue weighted by Gasteiger charge is 2.12. The molecular formula is C16H24N2O3. The van der Waals surface area contributed by atoms with E-state index >= 15 is 0 Å². The van der Waals surface area contributed by atoms with Gasteiger partial charge in [-0.25, -0.2) is 0 Å². The average Bonchev–Trinajstić information content (AvgIpc) is 2.43. The zero-order valence-corrected chi connectivity index (χ0v) is 13.2. The number of rotatable bonds is 7. The van der Waals surface area contributed by atoms with Gasteiger partial charge in [0.25, 0.3) is 0 Å². The van der Waals surface area contributed by atoms with Gasteiger partial charge in [-0.15, -0.1) is 0 Å². The molecular weight excluding hydrogens is 268 g/mol. The zero-order chi connectivity index (χ0) is 15.8. The van der Waals surface area contributed by atoms with Crippen LogP contribution in [-0.2, 0) is 9.59 Å². The first-order chi connectivity index (χ1) is 9.92. The summed E-state index contributed by atoms with van der Waals surface area (Å²) in [6.07, 6.45) is 0.290. The van der Waals surface area contributed by atoms with Gasteiger partial charge in [-0.1, -0.05) is 13.8 Å². The van der Waals surface area contributed by atoms with Gasteiger partial charge in [0.2, 0.25) is 11.8 Å². The number of carbonyl (C=O) groups is 2. The second kappa shape index (κ2) is 8.29. The zero-order valence-electron chi connectivity index (χ0n) is 13.2. The largest absolute Gasteiger partial charge is 0.497 e. The van der Waals surface area contributed by atoms with E-state index in [1.807, 2.05) is 13.8 Å². The topological polar surface area (TPSA) is 58.6 Å². The summed E-state index contributed by atoms with van der Waals surface area (Å²) < 4.78 is 5.06. The Labute approximate surface area is 126 Å². The molecule has 1 aromatic carbocycles. The van der Waals surface area contributed by atoms with Crippen molar-refractivity contribution < 1.29 is 14.3 Å². The van der Waals surface area contributed by atoms with Gasteiger partial charge in [0.05, 0.1) is 7.11 Å². The van der Waals surface area contributed by atoms with E-state index in [2.05, 4.69) is 5.32 Å². The van der Waals surface area contributed by atoms with E-state index in [1.165, 1.54) is 6.92 Å². The Kier molecular flexibility index (Phi) is 6.72. The van der Waals surface area contributed by atoms with Crippen LogP contribution in [0.15, 0.2) is 24.3 Å². The molecule has 0 unspecified atom stereocenters. The van der Waals surface area contributed by atoms with Crippen molar-refractivity contribution in [3.63, 3.8) is 0 Å². The Morgan fingerprint density at radius 2 is 1.86 bits per heavy atom.